The van der Waals surface area contributed by atoms with Crippen LogP contribution in [0.2, 0.25) is 16.6 Å². The summed E-state index contributed by atoms with van der Waals surface area (Å²) in [6.45, 7) is 21.7. The predicted octanol–water partition coefficient (Wildman–Crippen LogP) is 9.84. The van der Waals surface area contributed by atoms with E-state index in [1.54, 1.807) is 52.9 Å². The van der Waals surface area contributed by atoms with Gasteiger partial charge in [0.05, 0.1) is 34.7 Å². The first kappa shape index (κ1) is 45.6. The van der Waals surface area contributed by atoms with Crippen LogP contribution in [-0.4, -0.2) is 113 Å². The van der Waals surface area contributed by atoms with Crippen molar-refractivity contribution >= 4 is 41.7 Å². The first-order valence-electron chi connectivity index (χ1n) is 22.2. The van der Waals surface area contributed by atoms with Crippen molar-refractivity contribution in [3.63, 3.8) is 0 Å². The number of ether oxygens (including phenoxy) is 2. The molecule has 1 amide bonds. The number of aliphatic hydroxyl groups is 1. The van der Waals surface area contributed by atoms with Crippen LogP contribution in [0.1, 0.15) is 100 Å². The molecule has 0 radical (unpaired) electrons. The summed E-state index contributed by atoms with van der Waals surface area (Å²) < 4.78 is 60.7. The highest BCUT2D eigenvalue weighted by molar-refractivity contribution is 6.90. The van der Waals surface area contributed by atoms with E-state index >= 15 is 8.78 Å². The maximum atomic E-state index is 17.6. The van der Waals surface area contributed by atoms with Gasteiger partial charge in [-0.15, -0.1) is 5.54 Å². The number of pyridine rings is 1. The molecule has 0 aliphatic carbocycles. The minimum atomic E-state index is -2.28. The zero-order chi connectivity index (χ0) is 45.1. The third-order valence-corrected chi connectivity index (χ3v) is 20.1. The molecule has 5 heterocycles. The average Bonchev–Trinajstić information content (AvgIpc) is 3.89. The monoisotopic (exact) mass is 872 g/mol. The number of hydrogen-bond donors (Lipinski definition) is 1. The van der Waals surface area contributed by atoms with Crippen molar-refractivity contribution in [2.75, 3.05) is 38.2 Å². The number of benzene rings is 2. The lowest BCUT2D eigenvalue weighted by Gasteiger charge is -2.38. The maximum absolute atomic E-state index is 17.6. The number of carbonyl (C=O) groups is 1. The summed E-state index contributed by atoms with van der Waals surface area (Å²) in [6, 6.07) is 7.21. The van der Waals surface area contributed by atoms with Gasteiger partial charge in [0.25, 0.3) is 0 Å². The maximum Gasteiger partial charge on any atom is 0.410 e. The van der Waals surface area contributed by atoms with Gasteiger partial charge < -0.3 is 24.4 Å². The Balaban J connectivity index is 1.38. The van der Waals surface area contributed by atoms with E-state index in [0.717, 1.165) is 19.4 Å². The van der Waals surface area contributed by atoms with E-state index in [9.17, 15) is 14.3 Å². The normalized spacial score (nSPS) is 22.5. The van der Waals surface area contributed by atoms with Crippen LogP contribution in [0.15, 0.2) is 36.5 Å². The number of aliphatic hydroxyl groups excluding tert-OH is 1. The molecule has 0 unspecified atom stereocenters. The fourth-order valence-electron chi connectivity index (χ4n) is 11.0. The molecule has 3 saturated heterocycles. The molecule has 0 saturated carbocycles. The number of halogens is 3. The van der Waals surface area contributed by atoms with Gasteiger partial charge in [0.2, 0.25) is 0 Å². The van der Waals surface area contributed by atoms with Gasteiger partial charge in [0.15, 0.2) is 5.82 Å². The highest BCUT2D eigenvalue weighted by Gasteiger charge is 2.50. The smallest absolute Gasteiger partial charge is 0.410 e. The van der Waals surface area contributed by atoms with E-state index in [2.05, 4.69) is 62.9 Å². The molecular formula is C48H63F3N6O4Si. The second-order valence-electron chi connectivity index (χ2n) is 19.7. The highest BCUT2D eigenvalue weighted by Crippen LogP contribution is 2.43. The minimum Gasteiger partial charge on any atom is -0.461 e. The molecule has 62 heavy (non-hydrogen) atoms. The fourth-order valence-corrected chi connectivity index (χ4v) is 16.2. The number of anilines is 1. The minimum absolute atomic E-state index is 0.0365. The summed E-state index contributed by atoms with van der Waals surface area (Å²) in [5, 5.41) is 12.6. The molecular weight excluding hydrogens is 810 g/mol. The highest BCUT2D eigenvalue weighted by atomic mass is 28.3. The second-order valence-corrected chi connectivity index (χ2v) is 25.3. The first-order valence-corrected chi connectivity index (χ1v) is 24.5. The molecule has 0 spiro atoms. The Morgan fingerprint density at radius 1 is 1.05 bits per heavy atom. The predicted molar refractivity (Wildman–Crippen MR) is 242 cm³/mol. The number of hydrogen-bond acceptors (Lipinski definition) is 9. The second kappa shape index (κ2) is 17.3. The molecule has 14 heteroatoms. The van der Waals surface area contributed by atoms with Crippen LogP contribution in [-0.2, 0) is 4.74 Å². The molecule has 2 aromatic carbocycles. The van der Waals surface area contributed by atoms with Gasteiger partial charge in [-0.3, -0.25) is 9.88 Å². The van der Waals surface area contributed by atoms with Gasteiger partial charge in [0, 0.05) is 43.7 Å². The van der Waals surface area contributed by atoms with Crippen LogP contribution in [0, 0.1) is 23.1 Å². The SMILES string of the molecule is CC(C)[Si](C#Cc1c(F)ccc2cccc(-c3ncc4c(N(C)[C@@H]5CCN(C(=O)OC(C)(C)C)[C@@H]5[C@H](C)O)nc(OC[C@@]56CCCN5C[C@H](F)C6)nc4c3F)c12)(C(C)C)C(C)C. The lowest BCUT2D eigenvalue weighted by molar-refractivity contribution is 0.00622. The average molecular weight is 873 g/mol. The number of rotatable bonds is 10. The number of likely N-dealkylation sites (tertiary alicyclic amines) is 1. The van der Waals surface area contributed by atoms with Gasteiger partial charge in [-0.2, -0.15) is 9.97 Å². The Morgan fingerprint density at radius 3 is 2.42 bits per heavy atom. The van der Waals surface area contributed by atoms with Crippen molar-refractivity contribution in [1.29, 1.82) is 0 Å². The van der Waals surface area contributed by atoms with Crippen LogP contribution in [0.4, 0.5) is 23.8 Å². The van der Waals surface area contributed by atoms with Crippen molar-refractivity contribution in [3.05, 3.63) is 53.7 Å². The van der Waals surface area contributed by atoms with Crippen molar-refractivity contribution in [1.82, 2.24) is 24.8 Å². The van der Waals surface area contributed by atoms with E-state index in [4.69, 9.17) is 19.4 Å². The van der Waals surface area contributed by atoms with Crippen LogP contribution < -0.4 is 9.64 Å². The van der Waals surface area contributed by atoms with Crippen LogP contribution in [0.3, 0.4) is 0 Å². The number of likely N-dealkylation sites (N-methyl/N-ethyl adjacent to an activating group) is 1. The Labute approximate surface area is 365 Å². The number of alkyl halides is 1. The first-order chi connectivity index (χ1) is 29.2. The molecule has 334 valence electrons. The standard InChI is InChI=1S/C48H63F3N6O4Si/c1-28(2)62(29(3)4,30(5)6)23-19-34-37(50)17-16-32-14-12-15-35(39(32)34)41-40(51)42-36(25-52-41)44(54-45(53-42)60-27-48-20-13-21-56(48)26-33(49)24-48)55(11)38-18-22-57(43(38)31(7)58)46(59)61-47(8,9)10/h12,14-17,25,28-31,33,38,43,58H,13,18,20-22,24,26-27H2,1-11H3/t31-,33+,38+,43+,48-/m0/s1. The van der Waals surface area contributed by atoms with Crippen molar-refractivity contribution < 1.29 is 32.5 Å². The largest absolute Gasteiger partial charge is 0.461 e. The molecule has 5 atom stereocenters. The molecule has 3 aliphatic rings. The topological polar surface area (TPSA) is 104 Å². The summed E-state index contributed by atoms with van der Waals surface area (Å²) in [5.74, 6) is 2.36. The fraction of sp³-hybridized carbons (Fsp3) is 0.583. The van der Waals surface area contributed by atoms with Gasteiger partial charge in [-0.1, -0.05) is 71.7 Å². The number of carbonyl (C=O) groups excluding carboxylic acids is 1. The number of aromatic nitrogens is 3. The van der Waals surface area contributed by atoms with Crippen LogP contribution >= 0.6 is 0 Å². The Bertz CT molecular complexity index is 2370. The van der Waals surface area contributed by atoms with Crippen molar-refractivity contribution in [2.24, 2.45) is 0 Å². The zero-order valence-corrected chi connectivity index (χ0v) is 39.2. The third-order valence-electron chi connectivity index (χ3n) is 13.8. The lowest BCUT2D eigenvalue weighted by Crippen LogP contribution is -2.52. The third kappa shape index (κ3) is 8.25. The molecule has 4 aromatic rings. The van der Waals surface area contributed by atoms with Crippen LogP contribution in [0.25, 0.3) is 32.9 Å². The quantitative estimate of drug-likeness (QED) is 0.123. The van der Waals surface area contributed by atoms with E-state index in [-0.39, 0.29) is 40.6 Å². The zero-order valence-electron chi connectivity index (χ0n) is 38.2. The van der Waals surface area contributed by atoms with Crippen molar-refractivity contribution in [2.45, 2.75) is 147 Å². The number of fused-ring (bicyclic) bond motifs is 3. The molecule has 3 aliphatic heterocycles. The summed E-state index contributed by atoms with van der Waals surface area (Å²) in [5.41, 5.74) is 3.81. The van der Waals surface area contributed by atoms with Gasteiger partial charge in [0.1, 0.15) is 49.3 Å². The Kier molecular flexibility index (Phi) is 12.7. The van der Waals surface area contributed by atoms with E-state index in [0.29, 0.717) is 58.9 Å². The Morgan fingerprint density at radius 2 is 1.76 bits per heavy atom. The number of amides is 1. The van der Waals surface area contributed by atoms with Crippen molar-refractivity contribution in [3.8, 4) is 28.7 Å². The summed E-state index contributed by atoms with van der Waals surface area (Å²) >= 11 is 0. The van der Waals surface area contributed by atoms with E-state index in [1.807, 2.05) is 11.0 Å². The molecule has 2 aromatic heterocycles. The van der Waals surface area contributed by atoms with Gasteiger partial charge in [-0.05, 0) is 81.6 Å². The molecule has 0 bridgehead atoms. The Hall–Kier alpha value is -4.45. The molecule has 7 rings (SSSR count). The lowest BCUT2D eigenvalue weighted by atomic mass is 9.95. The molecule has 10 nitrogen and oxygen atoms in total. The summed E-state index contributed by atoms with van der Waals surface area (Å²) in [6.07, 6.45) is 1.49. The summed E-state index contributed by atoms with van der Waals surface area (Å²) in [7, 11) is -0.501. The van der Waals surface area contributed by atoms with Gasteiger partial charge in [-0.25, -0.2) is 18.0 Å². The van der Waals surface area contributed by atoms with Crippen LogP contribution in [0.5, 0.6) is 6.01 Å². The molecule has 3 fully saturated rings. The van der Waals surface area contributed by atoms with Gasteiger partial charge >= 0.3 is 12.1 Å². The molecule has 1 N–H and O–H groups in total. The van der Waals surface area contributed by atoms with E-state index < -0.39 is 61.3 Å². The summed E-state index contributed by atoms with van der Waals surface area (Å²) in [4.78, 5) is 33.2. The van der Waals surface area contributed by atoms with E-state index in [1.165, 1.54) is 17.2 Å². The number of nitrogens with zero attached hydrogens (tertiary/aromatic N) is 6.